The fraction of sp³-hybridized carbons (Fsp3) is 0.258. The van der Waals surface area contributed by atoms with E-state index in [9.17, 15) is 51.9 Å². The van der Waals surface area contributed by atoms with Gasteiger partial charge in [0.25, 0.3) is 10.1 Å². The number of hydrogen-bond donors (Lipinski definition) is 5. The number of aromatic nitrogens is 3. The zero-order valence-corrected chi connectivity index (χ0v) is 34.8. The van der Waals surface area contributed by atoms with E-state index in [-0.39, 0.29) is 62.4 Å². The van der Waals surface area contributed by atoms with E-state index in [2.05, 4.69) is 38.9 Å². The second kappa shape index (κ2) is 18.3. The smallest absolute Gasteiger partial charge is 0.397 e. The average Bonchev–Trinajstić information content (AvgIpc) is 3.13. The summed E-state index contributed by atoms with van der Waals surface area (Å²) in [5.74, 6) is -1.72. The van der Waals surface area contributed by atoms with Gasteiger partial charge in [-0.15, -0.1) is 10.2 Å². The highest BCUT2D eigenvalue weighted by Crippen LogP contribution is 2.41. The van der Waals surface area contributed by atoms with E-state index in [4.69, 9.17) is 13.3 Å². The number of phenols is 1. The molecule has 23 nitrogen and oxygen atoms in total. The summed E-state index contributed by atoms with van der Waals surface area (Å²) in [6.07, 6.45) is -1.15. The summed E-state index contributed by atoms with van der Waals surface area (Å²) in [5.41, 5.74) is 0.238. The molecule has 5 aromatic rings. The summed E-state index contributed by atoms with van der Waals surface area (Å²) in [7, 11) is -17.3. The third-order valence-electron chi connectivity index (χ3n) is 7.97. The first-order valence-electron chi connectivity index (χ1n) is 16.5. The molecule has 0 radical (unpaired) electrons. The minimum absolute atomic E-state index is 0.00353. The molecule has 324 valence electrons. The second-order valence-electron chi connectivity index (χ2n) is 12.2. The van der Waals surface area contributed by atoms with Crippen LogP contribution in [-0.2, 0) is 64.4 Å². The predicted molar refractivity (Wildman–Crippen MR) is 211 cm³/mol. The minimum Gasteiger partial charge on any atom is -0.505 e. The highest BCUT2D eigenvalue weighted by Gasteiger charge is 2.23. The van der Waals surface area contributed by atoms with Crippen LogP contribution in [0.4, 0.5) is 33.3 Å². The largest absolute Gasteiger partial charge is 0.505 e. The summed E-state index contributed by atoms with van der Waals surface area (Å²) in [5, 5.41) is 22.7. The van der Waals surface area contributed by atoms with Crippen molar-refractivity contribution < 1.29 is 73.6 Å². The summed E-state index contributed by atoms with van der Waals surface area (Å²) < 4.78 is 160. The Balaban J connectivity index is 1.34. The number of benzene rings is 4. The number of azo groups is 1. The lowest BCUT2D eigenvalue weighted by Gasteiger charge is -2.17. The number of aromatic hydroxyl groups is 1. The number of fused-ring (bicyclic) bond motifs is 2. The van der Waals surface area contributed by atoms with E-state index < -0.39 is 88.4 Å². The van der Waals surface area contributed by atoms with Crippen LogP contribution in [0.2, 0.25) is 0 Å². The molecule has 60 heavy (non-hydrogen) atoms. The molecular weight excluding hydrogens is 906 g/mol. The molecule has 1 atom stereocenters. The maximum absolute atomic E-state index is 14.4. The number of phenolic OH excluding ortho intramolecular Hbond substituents is 1. The Morgan fingerprint density at radius 3 is 2.18 bits per heavy atom. The van der Waals surface area contributed by atoms with Gasteiger partial charge in [0.2, 0.25) is 11.9 Å². The normalized spacial score (nSPS) is 13.3. The molecule has 29 heteroatoms. The molecule has 0 aliphatic rings. The van der Waals surface area contributed by atoms with Gasteiger partial charge in [-0.1, -0.05) is 12.1 Å². The van der Waals surface area contributed by atoms with Crippen LogP contribution in [-0.4, -0.2) is 117 Å². The number of nitrogens with one attached hydrogen (secondary N) is 1. The number of nitrogens with zero attached hydrogens (tertiary/aromatic N) is 6. The van der Waals surface area contributed by atoms with Crippen molar-refractivity contribution in [2.45, 2.75) is 16.7 Å². The molecule has 5 rings (SSSR count). The molecule has 0 amide bonds. The molecule has 0 aliphatic heterocycles. The first-order chi connectivity index (χ1) is 27.9. The Morgan fingerprint density at radius 2 is 1.50 bits per heavy atom. The highest BCUT2D eigenvalue weighted by atomic mass is 32.3. The number of halogens is 1. The van der Waals surface area contributed by atoms with Crippen LogP contribution in [0, 0.1) is 13.0 Å². The molecule has 1 heterocycles. The fourth-order valence-corrected chi connectivity index (χ4v) is 8.76. The molecule has 1 unspecified atom stereocenters. The Hall–Kier alpha value is -4.95. The zero-order valence-electron chi connectivity index (χ0n) is 30.7. The number of sulfone groups is 1. The van der Waals surface area contributed by atoms with E-state index in [0.717, 1.165) is 24.3 Å². The Bertz CT molecular complexity index is 2980. The Morgan fingerprint density at radius 1 is 0.817 bits per heavy atom. The van der Waals surface area contributed by atoms with E-state index in [1.807, 2.05) is 0 Å². The Kier molecular flexibility index (Phi) is 14.1. The molecule has 1 aromatic heterocycles. The number of aryl methyl sites for hydroxylation is 1. The van der Waals surface area contributed by atoms with Gasteiger partial charge in [-0.05, 0) is 65.7 Å². The predicted octanol–water partition coefficient (Wildman–Crippen LogP) is 3.27. The van der Waals surface area contributed by atoms with Gasteiger partial charge in [0, 0.05) is 30.1 Å². The minimum atomic E-state index is -5.02. The molecule has 0 fully saturated rings. The lowest BCUT2D eigenvalue weighted by atomic mass is 10.0. The molecule has 5 N–H and O–H groups in total. The Labute approximate surface area is 343 Å². The summed E-state index contributed by atoms with van der Waals surface area (Å²) in [4.78, 5) is 11.7. The van der Waals surface area contributed by atoms with Crippen molar-refractivity contribution in [3.8, 4) is 5.75 Å². The van der Waals surface area contributed by atoms with Gasteiger partial charge in [-0.25, -0.2) is 21.0 Å². The number of anilines is 3. The van der Waals surface area contributed by atoms with Crippen molar-refractivity contribution in [3.63, 3.8) is 0 Å². The van der Waals surface area contributed by atoms with E-state index in [1.54, 1.807) is 19.1 Å². The highest BCUT2D eigenvalue weighted by molar-refractivity contribution is 7.91. The quantitative estimate of drug-likeness (QED) is 0.0450. The van der Waals surface area contributed by atoms with Gasteiger partial charge in [0.15, 0.2) is 26.7 Å². The second-order valence-corrected chi connectivity index (χ2v) is 19.1. The van der Waals surface area contributed by atoms with Crippen molar-refractivity contribution in [2.75, 3.05) is 55.1 Å². The number of rotatable bonds is 19. The van der Waals surface area contributed by atoms with Crippen molar-refractivity contribution >= 4 is 102 Å². The molecular formula is C31H32FN7O16S5. The summed E-state index contributed by atoms with van der Waals surface area (Å²) >= 11 is -1.91. The summed E-state index contributed by atoms with van der Waals surface area (Å²) in [6, 6.07) is 11.8. The van der Waals surface area contributed by atoms with Crippen LogP contribution in [0.3, 0.4) is 0 Å². The van der Waals surface area contributed by atoms with Crippen LogP contribution >= 0.6 is 0 Å². The van der Waals surface area contributed by atoms with Gasteiger partial charge >= 0.3 is 26.9 Å². The monoisotopic (exact) mass is 937 g/mol. The molecule has 0 saturated heterocycles. The van der Waals surface area contributed by atoms with E-state index >= 15 is 0 Å². The first-order valence-corrected chi connectivity index (χ1v) is 23.6. The maximum Gasteiger partial charge on any atom is 0.397 e. The summed E-state index contributed by atoms with van der Waals surface area (Å²) in [6.45, 7) is -0.313. The molecule has 0 spiro atoms. The van der Waals surface area contributed by atoms with Gasteiger partial charge in [0.1, 0.15) is 16.3 Å². The lowest BCUT2D eigenvalue weighted by Crippen LogP contribution is -2.27. The van der Waals surface area contributed by atoms with Crippen LogP contribution in [0.25, 0.3) is 21.5 Å². The zero-order chi connectivity index (χ0) is 44.2. The third-order valence-corrected chi connectivity index (χ3v) is 12.5. The number of hydrogen-bond acceptors (Lipinski definition) is 20. The molecule has 4 aromatic carbocycles. The van der Waals surface area contributed by atoms with E-state index in [0.29, 0.717) is 16.6 Å². The fourth-order valence-electron chi connectivity index (χ4n) is 5.33. The first kappa shape index (κ1) is 46.1. The van der Waals surface area contributed by atoms with Crippen molar-refractivity contribution in [3.05, 3.63) is 66.2 Å². The van der Waals surface area contributed by atoms with Gasteiger partial charge in [-0.2, -0.15) is 44.6 Å². The van der Waals surface area contributed by atoms with E-state index in [1.165, 1.54) is 30.1 Å². The molecule has 0 aliphatic carbocycles. The van der Waals surface area contributed by atoms with Crippen molar-refractivity contribution in [2.24, 2.45) is 10.2 Å². The lowest BCUT2D eigenvalue weighted by molar-refractivity contribution is 0.212. The third kappa shape index (κ3) is 12.3. The van der Waals surface area contributed by atoms with Crippen molar-refractivity contribution in [1.82, 2.24) is 15.0 Å². The average molecular weight is 938 g/mol. The van der Waals surface area contributed by atoms with Crippen LogP contribution < -0.4 is 10.2 Å². The topological polar surface area (TPSA) is 341 Å². The SMILES string of the molecule is Cc1cc2cc(Nc3nc(F)nc(N(C)CCS(=O)OCCOS(=O)(=O)O)n3)ccc2c(O)c1N=Nc1ccc2cc(S(=O)(=O)CCOS(=O)(=O)O)ccc2c1S(=O)(=O)O. The van der Waals surface area contributed by atoms with Crippen LogP contribution in [0.5, 0.6) is 5.75 Å². The van der Waals surface area contributed by atoms with Crippen molar-refractivity contribution in [1.29, 1.82) is 0 Å². The standard InChI is InChI=1S/C31H32FN7O16S5/c1-18-15-20-16-21(33-30-34-29(32)35-31(36-30)39(2)9-13-56(41)53-10-11-54-59(47,48)49)4-6-23(20)27(40)26(18)38-37-25-8-3-19-17-22(5-7-24(19)28(25)58(44,45)46)57(42,43)14-12-55-60(50,51)52/h3-8,15-17,40H,9-14H2,1-2H3,(H,44,45,46)(H,47,48,49)(H,50,51,52)(H,33,34,35,36). The van der Waals surface area contributed by atoms with Crippen LogP contribution in [0.1, 0.15) is 5.56 Å². The molecule has 0 bridgehead atoms. The van der Waals surface area contributed by atoms with Gasteiger partial charge in [0.05, 0.1) is 36.2 Å². The van der Waals surface area contributed by atoms with Crippen LogP contribution in [0.15, 0.2) is 74.6 Å². The molecule has 0 saturated carbocycles. The van der Waals surface area contributed by atoms with Gasteiger partial charge in [-0.3, -0.25) is 17.8 Å². The maximum atomic E-state index is 14.4. The van der Waals surface area contributed by atoms with Gasteiger partial charge < -0.3 is 15.3 Å².